The van der Waals surface area contributed by atoms with Crippen molar-refractivity contribution in [3.63, 3.8) is 0 Å². The van der Waals surface area contributed by atoms with Crippen LogP contribution >= 0.6 is 11.8 Å². The summed E-state index contributed by atoms with van der Waals surface area (Å²) in [4.78, 5) is 50.4. The molecule has 0 aliphatic carbocycles. The molecule has 0 saturated heterocycles. The van der Waals surface area contributed by atoms with Crippen LogP contribution in [0.1, 0.15) is 29.3 Å². The number of anilines is 2. The normalized spacial score (nSPS) is 11.7. The van der Waals surface area contributed by atoms with Crippen LogP contribution in [0.2, 0.25) is 0 Å². The molecule has 1 unspecified atom stereocenters. The van der Waals surface area contributed by atoms with E-state index in [1.54, 1.807) is 48.5 Å². The van der Waals surface area contributed by atoms with Gasteiger partial charge in [0.1, 0.15) is 5.70 Å². The van der Waals surface area contributed by atoms with Crippen LogP contribution in [0.3, 0.4) is 0 Å². The molecule has 0 bridgehead atoms. The number of carbonyl (C=O) groups is 3. The Hall–Kier alpha value is -5.22. The van der Waals surface area contributed by atoms with Gasteiger partial charge < -0.3 is 16.0 Å². The second kappa shape index (κ2) is 14.4. The summed E-state index contributed by atoms with van der Waals surface area (Å²) in [5, 5.41) is 19.0. The molecule has 0 saturated carbocycles. The third-order valence-corrected chi connectivity index (χ3v) is 7.38. The van der Waals surface area contributed by atoms with Gasteiger partial charge in [-0.05, 0) is 72.7 Å². The SMILES string of the molecule is CCC(Sc1cccc(NC(=O)/C(=C\c2ccc([N+](=O)[O-])cc2)NC(=O)c2ccccc2)c1)C(=O)Nc1ccccc1. The van der Waals surface area contributed by atoms with E-state index in [0.717, 1.165) is 4.90 Å². The van der Waals surface area contributed by atoms with Crippen molar-refractivity contribution in [3.8, 4) is 0 Å². The first-order chi connectivity index (χ1) is 20.3. The summed E-state index contributed by atoms with van der Waals surface area (Å²) in [6, 6.07) is 30.3. The molecule has 42 heavy (non-hydrogen) atoms. The van der Waals surface area contributed by atoms with Crippen LogP contribution in [0.25, 0.3) is 6.08 Å². The van der Waals surface area contributed by atoms with Gasteiger partial charge >= 0.3 is 0 Å². The highest BCUT2D eigenvalue weighted by Crippen LogP contribution is 2.29. The van der Waals surface area contributed by atoms with E-state index in [4.69, 9.17) is 0 Å². The number of amides is 3. The molecule has 0 radical (unpaired) electrons. The molecule has 1 atom stereocenters. The zero-order valence-corrected chi connectivity index (χ0v) is 23.5. The molecule has 3 N–H and O–H groups in total. The lowest BCUT2D eigenvalue weighted by atomic mass is 10.1. The van der Waals surface area contributed by atoms with Crippen LogP contribution < -0.4 is 16.0 Å². The number of rotatable bonds is 11. The van der Waals surface area contributed by atoms with Crippen molar-refractivity contribution in [1.82, 2.24) is 5.32 Å². The van der Waals surface area contributed by atoms with Crippen LogP contribution in [0, 0.1) is 10.1 Å². The molecule has 212 valence electrons. The Kier molecular flexibility index (Phi) is 10.2. The number of carbonyl (C=O) groups excluding carboxylic acids is 3. The molecule has 4 rings (SSSR count). The average Bonchev–Trinajstić information content (AvgIpc) is 3.00. The summed E-state index contributed by atoms with van der Waals surface area (Å²) < 4.78 is 0. The molecular formula is C32H28N4O5S. The van der Waals surface area contributed by atoms with Crippen molar-refractivity contribution in [1.29, 1.82) is 0 Å². The van der Waals surface area contributed by atoms with Gasteiger partial charge in [-0.3, -0.25) is 24.5 Å². The fourth-order valence-corrected chi connectivity index (χ4v) is 4.89. The third-order valence-electron chi connectivity index (χ3n) is 6.02. The maximum absolute atomic E-state index is 13.4. The Balaban J connectivity index is 1.52. The van der Waals surface area contributed by atoms with Gasteiger partial charge in [0, 0.05) is 34.0 Å². The van der Waals surface area contributed by atoms with Crippen molar-refractivity contribution >= 4 is 52.6 Å². The van der Waals surface area contributed by atoms with Crippen molar-refractivity contribution in [2.45, 2.75) is 23.5 Å². The minimum Gasteiger partial charge on any atom is -0.325 e. The lowest BCUT2D eigenvalue weighted by Gasteiger charge is -2.16. The molecule has 3 amide bonds. The molecule has 0 aromatic heterocycles. The molecule has 9 nitrogen and oxygen atoms in total. The Morgan fingerprint density at radius 2 is 1.48 bits per heavy atom. The van der Waals surface area contributed by atoms with Crippen molar-refractivity contribution in [2.24, 2.45) is 0 Å². The monoisotopic (exact) mass is 580 g/mol. The first-order valence-corrected chi connectivity index (χ1v) is 14.0. The number of thioether (sulfide) groups is 1. The maximum atomic E-state index is 13.4. The lowest BCUT2D eigenvalue weighted by molar-refractivity contribution is -0.384. The predicted octanol–water partition coefficient (Wildman–Crippen LogP) is 6.51. The number of hydrogen-bond acceptors (Lipinski definition) is 6. The van der Waals surface area contributed by atoms with E-state index < -0.39 is 16.7 Å². The molecule has 0 spiro atoms. The topological polar surface area (TPSA) is 130 Å². The zero-order valence-electron chi connectivity index (χ0n) is 22.7. The Labute approximate surface area is 247 Å². The number of nitro groups is 1. The average molecular weight is 581 g/mol. The molecule has 10 heteroatoms. The second-order valence-corrected chi connectivity index (χ2v) is 10.4. The molecule has 0 fully saturated rings. The number of para-hydroxylation sites is 1. The molecule has 0 aliphatic heterocycles. The highest BCUT2D eigenvalue weighted by atomic mass is 32.2. The van der Waals surface area contributed by atoms with E-state index in [1.165, 1.54) is 42.1 Å². The summed E-state index contributed by atoms with van der Waals surface area (Å²) >= 11 is 1.38. The summed E-state index contributed by atoms with van der Waals surface area (Å²) in [6.45, 7) is 1.93. The van der Waals surface area contributed by atoms with Crippen LogP contribution in [0.4, 0.5) is 17.1 Å². The van der Waals surface area contributed by atoms with Crippen molar-refractivity contribution in [2.75, 3.05) is 10.6 Å². The third kappa shape index (κ3) is 8.39. The maximum Gasteiger partial charge on any atom is 0.272 e. The fraction of sp³-hybridized carbons (Fsp3) is 0.0938. The van der Waals surface area contributed by atoms with Gasteiger partial charge in [-0.1, -0.05) is 49.4 Å². The molecule has 0 aliphatic rings. The predicted molar refractivity (Wildman–Crippen MR) is 165 cm³/mol. The Bertz CT molecular complexity index is 1590. The van der Waals surface area contributed by atoms with E-state index in [-0.39, 0.29) is 22.5 Å². The zero-order chi connectivity index (χ0) is 29.9. The van der Waals surface area contributed by atoms with Gasteiger partial charge in [-0.25, -0.2) is 0 Å². The van der Waals surface area contributed by atoms with E-state index in [2.05, 4.69) is 16.0 Å². The Morgan fingerprint density at radius 1 is 0.833 bits per heavy atom. The minimum atomic E-state index is -0.589. The van der Waals surface area contributed by atoms with Crippen LogP contribution in [-0.2, 0) is 9.59 Å². The Morgan fingerprint density at radius 3 is 2.12 bits per heavy atom. The van der Waals surface area contributed by atoms with E-state index in [1.807, 2.05) is 43.3 Å². The number of benzene rings is 4. The molecule has 4 aromatic carbocycles. The smallest absolute Gasteiger partial charge is 0.272 e. The summed E-state index contributed by atoms with van der Waals surface area (Å²) in [7, 11) is 0. The van der Waals surface area contributed by atoms with Crippen molar-refractivity contribution in [3.05, 3.63) is 136 Å². The minimum absolute atomic E-state index is 0.0514. The van der Waals surface area contributed by atoms with Crippen LogP contribution in [0.15, 0.2) is 120 Å². The number of nitrogens with one attached hydrogen (secondary N) is 3. The van der Waals surface area contributed by atoms with Crippen LogP contribution in [0.5, 0.6) is 0 Å². The van der Waals surface area contributed by atoms with Gasteiger partial charge in [0.2, 0.25) is 5.91 Å². The van der Waals surface area contributed by atoms with Gasteiger partial charge in [0.15, 0.2) is 0 Å². The molecule has 4 aromatic rings. The highest BCUT2D eigenvalue weighted by Gasteiger charge is 2.19. The quantitative estimate of drug-likeness (QED) is 0.0802. The van der Waals surface area contributed by atoms with E-state index in [0.29, 0.717) is 28.9 Å². The molecular weight excluding hydrogens is 552 g/mol. The van der Waals surface area contributed by atoms with Gasteiger partial charge in [0.25, 0.3) is 17.5 Å². The summed E-state index contributed by atoms with van der Waals surface area (Å²) in [5.74, 6) is -1.20. The number of hydrogen-bond donors (Lipinski definition) is 3. The first-order valence-electron chi connectivity index (χ1n) is 13.1. The number of nitrogens with zero attached hydrogens (tertiary/aromatic N) is 1. The standard InChI is InChI=1S/C32H28N4O5S/c1-2-29(32(39)33-24-12-7-4-8-13-24)42-27-15-9-14-25(21-27)34-31(38)28(35-30(37)23-10-5-3-6-11-23)20-22-16-18-26(19-17-22)36(40)41/h3-21,29H,2H2,1H3,(H,33,39)(H,34,38)(H,35,37)/b28-20+. The largest absolute Gasteiger partial charge is 0.325 e. The summed E-state index contributed by atoms with van der Waals surface area (Å²) in [6.07, 6.45) is 2.03. The second-order valence-electron chi connectivity index (χ2n) is 9.08. The van der Waals surface area contributed by atoms with Crippen LogP contribution in [-0.4, -0.2) is 27.9 Å². The summed E-state index contributed by atoms with van der Waals surface area (Å²) in [5.41, 5.74) is 1.88. The fourth-order valence-electron chi connectivity index (χ4n) is 3.88. The van der Waals surface area contributed by atoms with E-state index >= 15 is 0 Å². The van der Waals surface area contributed by atoms with Gasteiger partial charge in [-0.15, -0.1) is 11.8 Å². The number of non-ortho nitro benzene ring substituents is 1. The van der Waals surface area contributed by atoms with Gasteiger partial charge in [0.05, 0.1) is 10.2 Å². The van der Waals surface area contributed by atoms with Crippen molar-refractivity contribution < 1.29 is 19.3 Å². The first kappa shape index (κ1) is 29.8. The highest BCUT2D eigenvalue weighted by molar-refractivity contribution is 8.00. The van der Waals surface area contributed by atoms with Gasteiger partial charge in [-0.2, -0.15) is 0 Å². The molecule has 0 heterocycles. The van der Waals surface area contributed by atoms with E-state index in [9.17, 15) is 24.5 Å². The lowest BCUT2D eigenvalue weighted by Crippen LogP contribution is -2.30. The number of nitro benzene ring substituents is 1.